The number of carbonyl (C=O) groups is 2. The van der Waals surface area contributed by atoms with Crippen LogP contribution in [0.15, 0.2) is 72.8 Å². The van der Waals surface area contributed by atoms with Crippen LogP contribution in [0, 0.1) is 0 Å². The average Bonchev–Trinajstić information content (AvgIpc) is 2.82. The number of hydrogen-bond acceptors (Lipinski definition) is 3. The van der Waals surface area contributed by atoms with Crippen LogP contribution in [0.3, 0.4) is 0 Å². The summed E-state index contributed by atoms with van der Waals surface area (Å²) in [7, 11) is 0. The van der Waals surface area contributed by atoms with E-state index in [9.17, 15) is 9.59 Å². The Morgan fingerprint density at radius 1 is 0.909 bits per heavy atom. The summed E-state index contributed by atoms with van der Waals surface area (Å²) >= 11 is 12.4. The number of piperidine rings is 1. The van der Waals surface area contributed by atoms with E-state index in [1.807, 2.05) is 65.6 Å². The van der Waals surface area contributed by atoms with E-state index >= 15 is 0 Å². The van der Waals surface area contributed by atoms with Crippen molar-refractivity contribution in [3.05, 3.63) is 99.5 Å². The highest BCUT2D eigenvalue weighted by atomic mass is 35.5. The average molecular weight is 480 g/mol. The highest BCUT2D eigenvalue weighted by molar-refractivity contribution is 6.36. The Bertz CT molecular complexity index is 1150. The van der Waals surface area contributed by atoms with Crippen molar-refractivity contribution in [2.24, 2.45) is 0 Å². The maximum Gasteiger partial charge on any atom is 0.234 e. The minimum atomic E-state index is -0.646. The summed E-state index contributed by atoms with van der Waals surface area (Å²) in [5.41, 5.74) is 1.73. The summed E-state index contributed by atoms with van der Waals surface area (Å²) < 4.78 is 6.33. The Hall–Kier alpha value is -2.82. The first kappa shape index (κ1) is 22.0. The number of ketones is 1. The second-order valence-electron chi connectivity index (χ2n) is 8.73. The summed E-state index contributed by atoms with van der Waals surface area (Å²) in [4.78, 5) is 28.5. The van der Waals surface area contributed by atoms with Gasteiger partial charge in [-0.1, -0.05) is 83.9 Å². The van der Waals surface area contributed by atoms with Gasteiger partial charge < -0.3 is 9.64 Å². The van der Waals surface area contributed by atoms with Gasteiger partial charge in [-0.25, -0.2) is 0 Å². The van der Waals surface area contributed by atoms with Crippen molar-refractivity contribution in [1.29, 1.82) is 0 Å². The molecule has 3 aromatic rings. The van der Waals surface area contributed by atoms with Crippen molar-refractivity contribution in [2.75, 3.05) is 13.1 Å². The fraction of sp³-hybridized carbons (Fsp3) is 0.259. The van der Waals surface area contributed by atoms with Gasteiger partial charge in [0, 0.05) is 31.0 Å². The van der Waals surface area contributed by atoms with Crippen LogP contribution >= 0.6 is 23.2 Å². The number of carbonyl (C=O) groups excluding carboxylic acids is 2. The molecule has 0 unspecified atom stereocenters. The molecular formula is C27H23Cl2NO3. The molecule has 2 aliphatic rings. The maximum absolute atomic E-state index is 13.7. The number of nitrogens with zero attached hydrogens (tertiary/aromatic N) is 1. The monoisotopic (exact) mass is 479 g/mol. The van der Waals surface area contributed by atoms with E-state index in [1.165, 1.54) is 0 Å². The third kappa shape index (κ3) is 4.25. The minimum Gasteiger partial charge on any atom is -0.484 e. The molecule has 3 aromatic carbocycles. The van der Waals surface area contributed by atoms with Crippen molar-refractivity contribution >= 4 is 34.9 Å². The second kappa shape index (κ2) is 8.85. The smallest absolute Gasteiger partial charge is 0.234 e. The zero-order chi connectivity index (χ0) is 23.0. The van der Waals surface area contributed by atoms with Crippen LogP contribution in [0.4, 0.5) is 0 Å². The van der Waals surface area contributed by atoms with Gasteiger partial charge in [-0.2, -0.15) is 0 Å². The van der Waals surface area contributed by atoms with Crippen LogP contribution < -0.4 is 4.74 Å². The zero-order valence-electron chi connectivity index (χ0n) is 18.0. The summed E-state index contributed by atoms with van der Waals surface area (Å²) in [5, 5.41) is 0.761. The van der Waals surface area contributed by atoms with Crippen molar-refractivity contribution < 1.29 is 14.3 Å². The number of hydrogen-bond donors (Lipinski definition) is 0. The van der Waals surface area contributed by atoms with Gasteiger partial charge in [-0.3, -0.25) is 9.59 Å². The molecule has 0 bridgehead atoms. The summed E-state index contributed by atoms with van der Waals surface area (Å²) in [6.07, 6.45) is 1.40. The molecule has 1 amide bonds. The molecule has 6 heteroatoms. The number of halogens is 2. The molecule has 1 spiro atoms. The number of amides is 1. The number of fused-ring (bicyclic) bond motifs is 1. The second-order valence-corrected chi connectivity index (χ2v) is 9.57. The fourth-order valence-corrected chi connectivity index (χ4v) is 5.41. The molecule has 168 valence electrons. The standard InChI is InChI=1S/C27H23Cl2NO3/c28-20-15-21-23(31)17-27(33-25(21)22(29)16-20)11-13-30(14-12-27)26(32)24(18-7-3-1-4-8-18)19-9-5-2-6-10-19/h1-10,15-16,24H,11-14,17H2. The number of ether oxygens (including phenoxy) is 1. The number of likely N-dealkylation sites (tertiary alicyclic amines) is 1. The lowest BCUT2D eigenvalue weighted by Gasteiger charge is -2.44. The van der Waals surface area contributed by atoms with E-state index in [4.69, 9.17) is 27.9 Å². The fourth-order valence-electron chi connectivity index (χ4n) is 4.88. The lowest BCUT2D eigenvalue weighted by molar-refractivity contribution is -0.135. The number of benzene rings is 3. The van der Waals surface area contributed by atoms with Gasteiger partial charge in [0.2, 0.25) is 5.91 Å². The summed E-state index contributed by atoms with van der Waals surface area (Å²) in [5.74, 6) is 0.0812. The quantitative estimate of drug-likeness (QED) is 0.452. The van der Waals surface area contributed by atoms with Crippen molar-refractivity contribution in [2.45, 2.75) is 30.8 Å². The molecule has 1 fully saturated rings. The Kier molecular flexibility index (Phi) is 5.90. The topological polar surface area (TPSA) is 46.6 Å². The van der Waals surface area contributed by atoms with Gasteiger partial charge in [0.1, 0.15) is 11.4 Å². The van der Waals surface area contributed by atoms with Crippen LogP contribution in [-0.4, -0.2) is 35.3 Å². The Labute approximate surface area is 203 Å². The van der Waals surface area contributed by atoms with Gasteiger partial charge in [0.25, 0.3) is 0 Å². The Balaban J connectivity index is 1.37. The van der Waals surface area contributed by atoms with Crippen LogP contribution in [-0.2, 0) is 4.79 Å². The van der Waals surface area contributed by atoms with Crippen molar-refractivity contribution in [3.63, 3.8) is 0 Å². The molecule has 2 aliphatic heterocycles. The maximum atomic E-state index is 13.7. The highest BCUT2D eigenvalue weighted by Gasteiger charge is 2.45. The zero-order valence-corrected chi connectivity index (χ0v) is 19.5. The molecule has 4 nitrogen and oxygen atoms in total. The third-order valence-electron chi connectivity index (χ3n) is 6.61. The molecule has 0 radical (unpaired) electrons. The first-order valence-corrected chi connectivity index (χ1v) is 11.8. The van der Waals surface area contributed by atoms with Gasteiger partial charge in [0.15, 0.2) is 5.78 Å². The lowest BCUT2D eigenvalue weighted by Crippen LogP contribution is -2.53. The van der Waals surface area contributed by atoms with Gasteiger partial charge in [-0.15, -0.1) is 0 Å². The molecule has 0 saturated carbocycles. The molecule has 2 heterocycles. The van der Waals surface area contributed by atoms with Crippen molar-refractivity contribution in [3.8, 4) is 5.75 Å². The molecule has 0 aliphatic carbocycles. The van der Waals surface area contributed by atoms with E-state index in [2.05, 4.69) is 0 Å². The SMILES string of the molecule is O=C1CC2(CCN(C(=O)C(c3ccccc3)c3ccccc3)CC2)Oc2c(Cl)cc(Cl)cc21. The Morgan fingerprint density at radius 3 is 2.06 bits per heavy atom. The predicted molar refractivity (Wildman–Crippen MR) is 129 cm³/mol. The largest absolute Gasteiger partial charge is 0.484 e. The molecule has 0 N–H and O–H groups in total. The van der Waals surface area contributed by atoms with Gasteiger partial charge in [-0.05, 0) is 23.3 Å². The third-order valence-corrected chi connectivity index (χ3v) is 7.11. The highest BCUT2D eigenvalue weighted by Crippen LogP contribution is 2.44. The number of Topliss-reactive ketones (excluding diaryl/α,β-unsaturated/α-hetero) is 1. The van der Waals surface area contributed by atoms with E-state index in [1.54, 1.807) is 12.1 Å². The van der Waals surface area contributed by atoms with E-state index in [-0.39, 0.29) is 24.0 Å². The molecule has 5 rings (SSSR count). The summed E-state index contributed by atoms with van der Waals surface area (Å²) in [6, 6.07) is 22.9. The first-order valence-electron chi connectivity index (χ1n) is 11.1. The van der Waals surface area contributed by atoms with E-state index in [0.29, 0.717) is 47.3 Å². The van der Waals surface area contributed by atoms with Gasteiger partial charge in [0.05, 0.1) is 22.9 Å². The molecule has 0 atom stereocenters. The van der Waals surface area contributed by atoms with Gasteiger partial charge >= 0.3 is 0 Å². The van der Waals surface area contributed by atoms with Crippen LogP contribution in [0.2, 0.25) is 10.0 Å². The van der Waals surface area contributed by atoms with E-state index < -0.39 is 5.60 Å². The molecule has 0 aromatic heterocycles. The Morgan fingerprint density at radius 2 is 1.48 bits per heavy atom. The molecular weight excluding hydrogens is 457 g/mol. The summed E-state index contributed by atoms with van der Waals surface area (Å²) in [6.45, 7) is 1.03. The van der Waals surface area contributed by atoms with Crippen LogP contribution in [0.25, 0.3) is 0 Å². The number of rotatable bonds is 3. The normalized spacial score (nSPS) is 17.1. The van der Waals surface area contributed by atoms with E-state index in [0.717, 1.165) is 11.1 Å². The first-order chi connectivity index (χ1) is 16.0. The molecule has 33 heavy (non-hydrogen) atoms. The lowest BCUT2D eigenvalue weighted by atomic mass is 9.81. The van der Waals surface area contributed by atoms with Crippen LogP contribution in [0.5, 0.6) is 5.75 Å². The predicted octanol–water partition coefficient (Wildman–Crippen LogP) is 6.15. The molecule has 1 saturated heterocycles. The van der Waals surface area contributed by atoms with Crippen molar-refractivity contribution in [1.82, 2.24) is 4.90 Å². The van der Waals surface area contributed by atoms with Crippen LogP contribution in [0.1, 0.15) is 46.7 Å². The minimum absolute atomic E-state index is 0.0214.